The summed E-state index contributed by atoms with van der Waals surface area (Å²) in [7, 11) is -3.26. The summed E-state index contributed by atoms with van der Waals surface area (Å²) < 4.78 is 26.8. The van der Waals surface area contributed by atoms with Gasteiger partial charge < -0.3 is 4.90 Å². The largest absolute Gasteiger partial charge is 0.341 e. The van der Waals surface area contributed by atoms with Crippen molar-refractivity contribution < 1.29 is 8.42 Å². The second kappa shape index (κ2) is 7.38. The highest BCUT2D eigenvalue weighted by atomic mass is 35.5. The van der Waals surface area contributed by atoms with Crippen LogP contribution in [0.2, 0.25) is 0 Å². The number of aromatic nitrogens is 2. The standard InChI is InChI=1S/C13H21ClN4O2S/c1-11(9-14)10-21(19,20)17-12-3-7-18(8-4-12)13-15-5-2-6-16-13/h2,5-6,11-12,17H,3-4,7-10H2,1H3. The lowest BCUT2D eigenvalue weighted by molar-refractivity contribution is 0.454. The number of sulfonamides is 1. The van der Waals surface area contributed by atoms with E-state index < -0.39 is 10.0 Å². The molecule has 118 valence electrons. The predicted octanol–water partition coefficient (Wildman–Crippen LogP) is 1.24. The SMILES string of the molecule is CC(CCl)CS(=O)(=O)NC1CCN(c2ncccn2)CC1. The summed E-state index contributed by atoms with van der Waals surface area (Å²) in [6, 6.07) is 1.76. The Morgan fingerprint density at radius 3 is 2.57 bits per heavy atom. The van der Waals surface area contributed by atoms with Gasteiger partial charge in [0.2, 0.25) is 16.0 Å². The van der Waals surface area contributed by atoms with Crippen molar-refractivity contribution in [3.63, 3.8) is 0 Å². The quantitative estimate of drug-likeness (QED) is 0.793. The monoisotopic (exact) mass is 332 g/mol. The van der Waals surface area contributed by atoms with Gasteiger partial charge in [0.15, 0.2) is 0 Å². The fourth-order valence-electron chi connectivity index (χ4n) is 2.37. The zero-order valence-electron chi connectivity index (χ0n) is 12.1. The molecule has 6 nitrogen and oxygen atoms in total. The second-order valence-electron chi connectivity index (χ2n) is 5.47. The van der Waals surface area contributed by atoms with E-state index in [2.05, 4.69) is 19.6 Å². The lowest BCUT2D eigenvalue weighted by atomic mass is 10.1. The van der Waals surface area contributed by atoms with Gasteiger partial charge in [0.1, 0.15) is 0 Å². The van der Waals surface area contributed by atoms with Gasteiger partial charge in [-0.3, -0.25) is 0 Å². The van der Waals surface area contributed by atoms with E-state index in [1.54, 1.807) is 18.5 Å². The average Bonchev–Trinajstić information content (AvgIpc) is 2.48. The van der Waals surface area contributed by atoms with E-state index >= 15 is 0 Å². The Morgan fingerprint density at radius 1 is 1.38 bits per heavy atom. The third-order valence-electron chi connectivity index (χ3n) is 3.44. The second-order valence-corrected chi connectivity index (χ2v) is 7.58. The molecule has 1 saturated heterocycles. The van der Waals surface area contributed by atoms with Crippen LogP contribution in [0.15, 0.2) is 18.5 Å². The molecular formula is C13H21ClN4O2S. The number of piperidine rings is 1. The van der Waals surface area contributed by atoms with Gasteiger partial charge in [-0.05, 0) is 24.8 Å². The molecule has 1 fully saturated rings. The molecule has 0 radical (unpaired) electrons. The van der Waals surface area contributed by atoms with Crippen LogP contribution in [-0.4, -0.2) is 49.1 Å². The molecule has 1 atom stereocenters. The van der Waals surface area contributed by atoms with E-state index in [9.17, 15) is 8.42 Å². The average molecular weight is 333 g/mol. The van der Waals surface area contributed by atoms with Crippen LogP contribution >= 0.6 is 11.6 Å². The maximum Gasteiger partial charge on any atom is 0.225 e. The Hall–Kier alpha value is -0.920. The van der Waals surface area contributed by atoms with Crippen LogP contribution in [0.25, 0.3) is 0 Å². The summed E-state index contributed by atoms with van der Waals surface area (Å²) in [4.78, 5) is 10.5. The molecule has 2 heterocycles. The first kappa shape index (κ1) is 16.5. The highest BCUT2D eigenvalue weighted by Crippen LogP contribution is 2.16. The van der Waals surface area contributed by atoms with E-state index in [1.807, 2.05) is 6.92 Å². The summed E-state index contributed by atoms with van der Waals surface area (Å²) in [5, 5.41) is 0. The van der Waals surface area contributed by atoms with E-state index in [0.29, 0.717) is 11.8 Å². The number of hydrogen-bond acceptors (Lipinski definition) is 5. The number of nitrogens with zero attached hydrogens (tertiary/aromatic N) is 3. The Bertz CT molecular complexity index is 532. The molecule has 8 heteroatoms. The van der Waals surface area contributed by atoms with Crippen LogP contribution in [-0.2, 0) is 10.0 Å². The van der Waals surface area contributed by atoms with Crippen molar-refractivity contribution in [2.45, 2.75) is 25.8 Å². The minimum absolute atomic E-state index is 0.0162. The fourth-order valence-corrected chi connectivity index (χ4v) is 4.32. The van der Waals surface area contributed by atoms with Gasteiger partial charge in [0.25, 0.3) is 0 Å². The third-order valence-corrected chi connectivity index (χ3v) is 5.67. The van der Waals surface area contributed by atoms with Gasteiger partial charge in [-0.2, -0.15) is 0 Å². The molecule has 0 amide bonds. The number of alkyl halides is 1. The van der Waals surface area contributed by atoms with E-state index in [0.717, 1.165) is 25.9 Å². The Balaban J connectivity index is 1.84. The summed E-state index contributed by atoms with van der Waals surface area (Å²) in [6.45, 7) is 3.34. The van der Waals surface area contributed by atoms with Crippen molar-refractivity contribution in [2.24, 2.45) is 5.92 Å². The molecule has 0 saturated carbocycles. The first-order valence-corrected chi connectivity index (χ1v) is 9.27. The van der Waals surface area contributed by atoms with Crippen molar-refractivity contribution in [3.05, 3.63) is 18.5 Å². The molecule has 2 rings (SSSR count). The molecular weight excluding hydrogens is 312 g/mol. The lowest BCUT2D eigenvalue weighted by Gasteiger charge is -2.32. The number of rotatable bonds is 6. The van der Waals surface area contributed by atoms with Crippen molar-refractivity contribution in [1.29, 1.82) is 0 Å². The summed E-state index contributed by atoms with van der Waals surface area (Å²) in [5.41, 5.74) is 0. The van der Waals surface area contributed by atoms with Gasteiger partial charge in [-0.25, -0.2) is 23.1 Å². The molecule has 0 spiro atoms. The molecule has 1 unspecified atom stereocenters. The maximum absolute atomic E-state index is 12.0. The normalized spacial score (nSPS) is 18.7. The van der Waals surface area contributed by atoms with Crippen LogP contribution in [0.1, 0.15) is 19.8 Å². The first-order chi connectivity index (χ1) is 10.00. The Kier molecular flexibility index (Phi) is 5.78. The topological polar surface area (TPSA) is 75.2 Å². The van der Waals surface area contributed by atoms with Gasteiger partial charge in [0.05, 0.1) is 5.75 Å². The smallest absolute Gasteiger partial charge is 0.225 e. The summed E-state index contributed by atoms with van der Waals surface area (Å²) in [5.74, 6) is 1.10. The van der Waals surface area contributed by atoms with Gasteiger partial charge in [0, 0.05) is 37.4 Å². The van der Waals surface area contributed by atoms with Crippen molar-refractivity contribution in [2.75, 3.05) is 29.6 Å². The maximum atomic E-state index is 12.0. The highest BCUT2D eigenvalue weighted by Gasteiger charge is 2.25. The predicted molar refractivity (Wildman–Crippen MR) is 84.1 cm³/mol. The van der Waals surface area contributed by atoms with Gasteiger partial charge >= 0.3 is 0 Å². The zero-order valence-corrected chi connectivity index (χ0v) is 13.6. The van der Waals surface area contributed by atoms with Crippen LogP contribution in [0, 0.1) is 5.92 Å². The third kappa shape index (κ3) is 5.09. The molecule has 21 heavy (non-hydrogen) atoms. The van der Waals surface area contributed by atoms with Crippen molar-refractivity contribution in [3.8, 4) is 0 Å². The van der Waals surface area contributed by atoms with E-state index in [4.69, 9.17) is 11.6 Å². The zero-order chi connectivity index (χ0) is 15.3. The van der Waals surface area contributed by atoms with Gasteiger partial charge in [-0.15, -0.1) is 11.6 Å². The molecule has 0 aliphatic carbocycles. The molecule has 1 aliphatic heterocycles. The number of anilines is 1. The molecule has 1 aliphatic rings. The van der Waals surface area contributed by atoms with Crippen LogP contribution in [0.3, 0.4) is 0 Å². The fraction of sp³-hybridized carbons (Fsp3) is 0.692. The minimum Gasteiger partial charge on any atom is -0.341 e. The molecule has 1 aromatic heterocycles. The first-order valence-electron chi connectivity index (χ1n) is 7.08. The highest BCUT2D eigenvalue weighted by molar-refractivity contribution is 7.89. The van der Waals surface area contributed by atoms with Crippen molar-refractivity contribution >= 4 is 27.6 Å². The molecule has 1 N–H and O–H groups in total. The van der Waals surface area contributed by atoms with Crippen LogP contribution < -0.4 is 9.62 Å². The summed E-state index contributed by atoms with van der Waals surface area (Å²) in [6.07, 6.45) is 4.94. The minimum atomic E-state index is -3.26. The van der Waals surface area contributed by atoms with Crippen LogP contribution in [0.5, 0.6) is 0 Å². The van der Waals surface area contributed by atoms with Crippen molar-refractivity contribution in [1.82, 2.24) is 14.7 Å². The molecule has 0 aromatic carbocycles. The number of halogens is 1. The Morgan fingerprint density at radius 2 is 2.00 bits per heavy atom. The van der Waals surface area contributed by atoms with E-state index in [-0.39, 0.29) is 17.7 Å². The molecule has 0 bridgehead atoms. The van der Waals surface area contributed by atoms with Gasteiger partial charge in [-0.1, -0.05) is 6.92 Å². The summed E-state index contributed by atoms with van der Waals surface area (Å²) >= 11 is 5.67. The lowest BCUT2D eigenvalue weighted by Crippen LogP contribution is -2.46. The number of hydrogen-bond donors (Lipinski definition) is 1. The van der Waals surface area contributed by atoms with Crippen LogP contribution in [0.4, 0.5) is 5.95 Å². The Labute approximate surface area is 131 Å². The van der Waals surface area contributed by atoms with E-state index in [1.165, 1.54) is 0 Å². The molecule has 1 aromatic rings. The number of nitrogens with one attached hydrogen (secondary N) is 1.